The van der Waals surface area contributed by atoms with Crippen LogP contribution < -0.4 is 0 Å². The maximum atomic E-state index is 12.7. The van der Waals surface area contributed by atoms with Crippen LogP contribution in [0.2, 0.25) is 0 Å². The molecule has 1 aliphatic heterocycles. The minimum absolute atomic E-state index is 0.0195. The van der Waals surface area contributed by atoms with Crippen LogP contribution >= 0.6 is 11.3 Å². The van der Waals surface area contributed by atoms with Gasteiger partial charge in [0.15, 0.2) is 0 Å². The lowest BCUT2D eigenvalue weighted by Crippen LogP contribution is -2.41. The molecule has 1 atom stereocenters. The molecule has 2 aromatic rings. The van der Waals surface area contributed by atoms with Crippen LogP contribution in [0.3, 0.4) is 0 Å². The number of carbonyl (C=O) groups is 1. The number of aromatic nitrogens is 4. The average Bonchev–Trinajstić information content (AvgIpc) is 3.17. The van der Waals surface area contributed by atoms with Crippen LogP contribution in [0.1, 0.15) is 55.2 Å². The van der Waals surface area contributed by atoms with Crippen molar-refractivity contribution < 1.29 is 4.79 Å². The second-order valence-corrected chi connectivity index (χ2v) is 7.57. The molecule has 2 aromatic heterocycles. The highest BCUT2D eigenvalue weighted by molar-refractivity contribution is 7.10. The van der Waals surface area contributed by atoms with Crippen molar-refractivity contribution in [2.45, 2.75) is 45.1 Å². The first-order valence-corrected chi connectivity index (χ1v) is 8.42. The predicted octanol–water partition coefficient (Wildman–Crippen LogP) is 2.51. The molecule has 0 aromatic carbocycles. The number of carbonyl (C=O) groups excluding carboxylic acids is 1. The fraction of sp³-hybridized carbons (Fsp3) is 0.600. The monoisotopic (exact) mass is 319 g/mol. The molecule has 1 fully saturated rings. The van der Waals surface area contributed by atoms with Gasteiger partial charge in [-0.25, -0.2) is 14.6 Å². The highest BCUT2D eigenvalue weighted by atomic mass is 32.1. The topological polar surface area (TPSA) is 63.9 Å². The van der Waals surface area contributed by atoms with Gasteiger partial charge in [-0.2, -0.15) is 5.10 Å². The fourth-order valence-corrected chi connectivity index (χ4v) is 3.52. The second kappa shape index (κ2) is 5.79. The third kappa shape index (κ3) is 3.04. The maximum Gasteiger partial charge on any atom is 0.273 e. The quantitative estimate of drug-likeness (QED) is 0.853. The van der Waals surface area contributed by atoms with E-state index in [1.807, 2.05) is 15.0 Å². The van der Waals surface area contributed by atoms with Crippen LogP contribution in [0, 0.1) is 0 Å². The molecule has 0 bridgehead atoms. The Hall–Kier alpha value is -1.76. The van der Waals surface area contributed by atoms with Gasteiger partial charge in [-0.05, 0) is 12.8 Å². The van der Waals surface area contributed by atoms with Crippen LogP contribution in [0.25, 0.3) is 0 Å². The molecule has 7 heteroatoms. The standard InChI is InChI=1S/C15H21N5OS/c1-15(2,3)14-18-12(8-22-14)13(21)19-6-4-5-11(7-19)20-10-16-9-17-20/h8-11H,4-7H2,1-3H3/t11-/m1/s1. The van der Waals surface area contributed by atoms with E-state index in [2.05, 4.69) is 35.8 Å². The Kier molecular flexibility index (Phi) is 3.99. The minimum atomic E-state index is -0.0195. The van der Waals surface area contributed by atoms with E-state index in [0.29, 0.717) is 12.2 Å². The van der Waals surface area contributed by atoms with E-state index in [-0.39, 0.29) is 17.4 Å². The van der Waals surface area contributed by atoms with Crippen LogP contribution in [0.4, 0.5) is 0 Å². The van der Waals surface area contributed by atoms with E-state index in [1.165, 1.54) is 6.33 Å². The van der Waals surface area contributed by atoms with Crippen molar-refractivity contribution in [3.05, 3.63) is 28.7 Å². The SMILES string of the molecule is CC(C)(C)c1nc(C(=O)N2CCC[C@@H](n3cncn3)C2)cs1. The lowest BCUT2D eigenvalue weighted by Gasteiger charge is -2.32. The normalized spacial score (nSPS) is 19.4. The van der Waals surface area contributed by atoms with Crippen molar-refractivity contribution >= 4 is 17.2 Å². The van der Waals surface area contributed by atoms with E-state index in [4.69, 9.17) is 0 Å². The first kappa shape index (κ1) is 15.1. The van der Waals surface area contributed by atoms with Gasteiger partial charge in [0.2, 0.25) is 0 Å². The molecule has 3 heterocycles. The van der Waals surface area contributed by atoms with E-state index >= 15 is 0 Å². The molecule has 0 saturated carbocycles. The first-order valence-electron chi connectivity index (χ1n) is 7.54. The Labute approximate surface area is 134 Å². The molecule has 1 amide bonds. The number of rotatable bonds is 2. The predicted molar refractivity (Wildman–Crippen MR) is 85.0 cm³/mol. The van der Waals surface area contributed by atoms with Crippen molar-refractivity contribution in [1.29, 1.82) is 0 Å². The van der Waals surface area contributed by atoms with Crippen LogP contribution in [-0.4, -0.2) is 43.6 Å². The van der Waals surface area contributed by atoms with Gasteiger partial charge in [-0.15, -0.1) is 11.3 Å². The Morgan fingerprint density at radius 2 is 2.23 bits per heavy atom. The summed E-state index contributed by atoms with van der Waals surface area (Å²) in [7, 11) is 0. The van der Waals surface area contributed by atoms with Gasteiger partial charge in [0.1, 0.15) is 18.3 Å². The zero-order chi connectivity index (χ0) is 15.7. The van der Waals surface area contributed by atoms with Gasteiger partial charge in [-0.1, -0.05) is 20.8 Å². The van der Waals surface area contributed by atoms with E-state index in [9.17, 15) is 4.79 Å². The number of thiazole rings is 1. The molecule has 0 unspecified atom stereocenters. The molecule has 0 spiro atoms. The summed E-state index contributed by atoms with van der Waals surface area (Å²) in [5, 5.41) is 7.07. The zero-order valence-corrected chi connectivity index (χ0v) is 14.0. The van der Waals surface area contributed by atoms with Gasteiger partial charge >= 0.3 is 0 Å². The molecule has 118 valence electrons. The second-order valence-electron chi connectivity index (χ2n) is 6.71. The molecule has 6 nitrogen and oxygen atoms in total. The van der Waals surface area contributed by atoms with Crippen LogP contribution in [0.5, 0.6) is 0 Å². The third-order valence-corrected chi connectivity index (χ3v) is 5.13. The number of hydrogen-bond acceptors (Lipinski definition) is 5. The van der Waals surface area contributed by atoms with E-state index in [1.54, 1.807) is 17.7 Å². The zero-order valence-electron chi connectivity index (χ0n) is 13.2. The summed E-state index contributed by atoms with van der Waals surface area (Å²) in [5.74, 6) is 0.0246. The summed E-state index contributed by atoms with van der Waals surface area (Å²) in [6.45, 7) is 7.79. The lowest BCUT2D eigenvalue weighted by molar-refractivity contribution is 0.0667. The van der Waals surface area contributed by atoms with E-state index in [0.717, 1.165) is 24.4 Å². The Bertz CT molecular complexity index is 643. The summed E-state index contributed by atoms with van der Waals surface area (Å²) < 4.78 is 1.85. The molecule has 0 aliphatic carbocycles. The molecule has 22 heavy (non-hydrogen) atoms. The van der Waals surface area contributed by atoms with Gasteiger partial charge < -0.3 is 4.90 Å². The average molecular weight is 319 g/mol. The summed E-state index contributed by atoms with van der Waals surface area (Å²) >= 11 is 1.56. The summed E-state index contributed by atoms with van der Waals surface area (Å²) in [4.78, 5) is 23.1. The summed E-state index contributed by atoms with van der Waals surface area (Å²) in [6.07, 6.45) is 5.26. The molecule has 0 radical (unpaired) electrons. The van der Waals surface area contributed by atoms with Gasteiger partial charge in [0, 0.05) is 23.9 Å². The number of amides is 1. The number of likely N-dealkylation sites (tertiary alicyclic amines) is 1. The van der Waals surface area contributed by atoms with Crippen molar-refractivity contribution in [3.8, 4) is 0 Å². The molecule has 3 rings (SSSR count). The number of piperidine rings is 1. The van der Waals surface area contributed by atoms with Crippen molar-refractivity contribution in [2.24, 2.45) is 0 Å². The van der Waals surface area contributed by atoms with Gasteiger partial charge in [0.25, 0.3) is 5.91 Å². The third-order valence-electron chi connectivity index (χ3n) is 3.86. The molecule has 1 saturated heterocycles. The fourth-order valence-electron chi connectivity index (χ4n) is 2.64. The molecular weight excluding hydrogens is 298 g/mol. The van der Waals surface area contributed by atoms with Gasteiger partial charge in [-0.3, -0.25) is 4.79 Å². The molecule has 1 aliphatic rings. The minimum Gasteiger partial charge on any atom is -0.335 e. The Balaban J connectivity index is 1.73. The van der Waals surface area contributed by atoms with Crippen molar-refractivity contribution in [2.75, 3.05) is 13.1 Å². The number of hydrogen-bond donors (Lipinski definition) is 0. The maximum absolute atomic E-state index is 12.7. The lowest BCUT2D eigenvalue weighted by atomic mass is 9.98. The van der Waals surface area contributed by atoms with E-state index < -0.39 is 0 Å². The molecule has 0 N–H and O–H groups in total. The Morgan fingerprint density at radius 1 is 1.41 bits per heavy atom. The van der Waals surface area contributed by atoms with Crippen molar-refractivity contribution in [1.82, 2.24) is 24.6 Å². The smallest absolute Gasteiger partial charge is 0.273 e. The van der Waals surface area contributed by atoms with Crippen molar-refractivity contribution in [3.63, 3.8) is 0 Å². The van der Waals surface area contributed by atoms with Crippen LogP contribution in [-0.2, 0) is 5.41 Å². The highest BCUT2D eigenvalue weighted by Crippen LogP contribution is 2.27. The highest BCUT2D eigenvalue weighted by Gasteiger charge is 2.28. The summed E-state index contributed by atoms with van der Waals surface area (Å²) in [6, 6.07) is 0.209. The molecular formula is C15H21N5OS. The number of nitrogens with zero attached hydrogens (tertiary/aromatic N) is 5. The summed E-state index contributed by atoms with van der Waals surface area (Å²) in [5.41, 5.74) is 0.545. The largest absolute Gasteiger partial charge is 0.335 e. The van der Waals surface area contributed by atoms with Gasteiger partial charge in [0.05, 0.1) is 11.0 Å². The first-order chi connectivity index (χ1) is 10.4. The Morgan fingerprint density at radius 3 is 2.86 bits per heavy atom. The van der Waals surface area contributed by atoms with Crippen LogP contribution in [0.15, 0.2) is 18.0 Å².